The Morgan fingerprint density at radius 3 is 2.91 bits per heavy atom. The Bertz CT molecular complexity index is 683. The van der Waals surface area contributed by atoms with E-state index in [0.717, 1.165) is 16.5 Å². The average molecular weight is 303 g/mol. The summed E-state index contributed by atoms with van der Waals surface area (Å²) in [6.07, 6.45) is 4.33. The van der Waals surface area contributed by atoms with Crippen LogP contribution in [0.25, 0.3) is 10.9 Å². The first-order valence-corrected chi connectivity index (χ1v) is 7.42. The highest BCUT2D eigenvalue weighted by Crippen LogP contribution is 2.34. The molecule has 0 bridgehead atoms. The largest absolute Gasteiger partial charge is 0.444 e. The molecule has 118 valence electrons. The molecule has 2 aromatic rings. The number of aliphatic hydroxyl groups is 1. The maximum atomic E-state index is 11.9. The lowest BCUT2D eigenvalue weighted by Gasteiger charge is -2.41. The van der Waals surface area contributed by atoms with Gasteiger partial charge in [-0.15, -0.1) is 0 Å². The fourth-order valence-corrected chi connectivity index (χ4v) is 2.68. The number of carbonyl (C=O) groups excluding carboxylic acids is 1. The molecule has 1 unspecified atom stereocenters. The first-order valence-electron chi connectivity index (χ1n) is 7.42. The number of likely N-dealkylation sites (tertiary alicyclic amines) is 1. The molecule has 0 radical (unpaired) electrons. The maximum Gasteiger partial charge on any atom is 0.410 e. The number of hydrogen-bond acceptors (Lipinski definition) is 4. The zero-order chi connectivity index (χ0) is 15.9. The molecule has 0 aromatic carbocycles. The predicted octanol–water partition coefficient (Wildman–Crippen LogP) is 2.46. The fraction of sp³-hybridized carbons (Fsp3) is 0.500. The number of aliphatic hydroxyl groups excluding tert-OH is 1. The lowest BCUT2D eigenvalue weighted by atomic mass is 9.89. The Labute approximate surface area is 129 Å². The molecular weight excluding hydrogens is 282 g/mol. The second-order valence-electron chi connectivity index (χ2n) is 6.76. The predicted molar refractivity (Wildman–Crippen MR) is 82.4 cm³/mol. The number of H-pyrrole nitrogens is 1. The molecule has 0 aliphatic carbocycles. The van der Waals surface area contributed by atoms with Gasteiger partial charge < -0.3 is 19.7 Å². The van der Waals surface area contributed by atoms with Gasteiger partial charge >= 0.3 is 6.09 Å². The van der Waals surface area contributed by atoms with Crippen molar-refractivity contribution in [2.45, 2.75) is 32.5 Å². The Kier molecular flexibility index (Phi) is 3.56. The van der Waals surface area contributed by atoms with E-state index in [2.05, 4.69) is 9.97 Å². The molecular formula is C16H21N3O3. The summed E-state index contributed by atoms with van der Waals surface area (Å²) in [5.74, 6) is 0.0275. The third kappa shape index (κ3) is 2.78. The summed E-state index contributed by atoms with van der Waals surface area (Å²) in [5.41, 5.74) is 1.26. The quantitative estimate of drug-likeness (QED) is 0.893. The number of aromatic nitrogens is 2. The second kappa shape index (κ2) is 5.28. The topological polar surface area (TPSA) is 78.5 Å². The lowest BCUT2D eigenvalue weighted by Crippen LogP contribution is -2.53. The van der Waals surface area contributed by atoms with Crippen molar-refractivity contribution < 1.29 is 14.6 Å². The number of fused-ring (bicyclic) bond motifs is 1. The molecule has 1 aliphatic heterocycles. The molecule has 6 heteroatoms. The van der Waals surface area contributed by atoms with Gasteiger partial charge in [0.25, 0.3) is 0 Å². The number of carbonyl (C=O) groups is 1. The van der Waals surface area contributed by atoms with Crippen LogP contribution in [0.2, 0.25) is 0 Å². The molecule has 1 fully saturated rings. The molecule has 2 aromatic heterocycles. The number of ether oxygens (including phenoxy) is 1. The van der Waals surface area contributed by atoms with Gasteiger partial charge in [0.15, 0.2) is 0 Å². The van der Waals surface area contributed by atoms with E-state index in [1.165, 1.54) is 0 Å². The van der Waals surface area contributed by atoms with Crippen molar-refractivity contribution in [3.63, 3.8) is 0 Å². The molecule has 6 nitrogen and oxygen atoms in total. The third-order valence-corrected chi connectivity index (χ3v) is 3.84. The van der Waals surface area contributed by atoms with Crippen LogP contribution < -0.4 is 0 Å². The van der Waals surface area contributed by atoms with Gasteiger partial charge in [0.2, 0.25) is 0 Å². The molecule has 0 spiro atoms. The van der Waals surface area contributed by atoms with Crippen LogP contribution >= 0.6 is 0 Å². The lowest BCUT2D eigenvalue weighted by molar-refractivity contribution is -0.0310. The summed E-state index contributed by atoms with van der Waals surface area (Å²) in [4.78, 5) is 20.7. The normalized spacial score (nSPS) is 17.4. The first kappa shape index (κ1) is 14.8. The molecule has 22 heavy (non-hydrogen) atoms. The molecule has 1 atom stereocenters. The Morgan fingerprint density at radius 1 is 1.50 bits per heavy atom. The van der Waals surface area contributed by atoms with Gasteiger partial charge in [0.05, 0.1) is 17.8 Å². The minimum absolute atomic E-state index is 0.0275. The number of nitrogens with one attached hydrogen (secondary N) is 1. The van der Waals surface area contributed by atoms with Gasteiger partial charge in [-0.05, 0) is 26.8 Å². The summed E-state index contributed by atoms with van der Waals surface area (Å²) in [6, 6.07) is 1.88. The van der Waals surface area contributed by atoms with Crippen molar-refractivity contribution >= 4 is 17.0 Å². The molecule has 3 heterocycles. The van der Waals surface area contributed by atoms with Gasteiger partial charge in [-0.2, -0.15) is 0 Å². The third-order valence-electron chi connectivity index (χ3n) is 3.84. The van der Waals surface area contributed by atoms with E-state index in [9.17, 15) is 9.90 Å². The Balaban J connectivity index is 1.64. The highest BCUT2D eigenvalue weighted by Gasteiger charge is 2.38. The average Bonchev–Trinajstić information content (AvgIpc) is 2.78. The van der Waals surface area contributed by atoms with Crippen molar-refractivity contribution in [3.05, 3.63) is 30.2 Å². The molecule has 0 saturated carbocycles. The minimum atomic E-state index is -0.602. The van der Waals surface area contributed by atoms with Crippen molar-refractivity contribution in [2.75, 3.05) is 13.1 Å². The maximum absolute atomic E-state index is 11.9. The summed E-state index contributed by atoms with van der Waals surface area (Å²) in [6.45, 7) is 6.55. The van der Waals surface area contributed by atoms with Crippen molar-refractivity contribution in [1.29, 1.82) is 0 Å². The summed E-state index contributed by atoms with van der Waals surface area (Å²) >= 11 is 0. The van der Waals surface area contributed by atoms with Gasteiger partial charge in [-0.3, -0.25) is 4.98 Å². The van der Waals surface area contributed by atoms with Crippen LogP contribution in [0, 0.1) is 5.92 Å². The number of pyridine rings is 1. The second-order valence-corrected chi connectivity index (χ2v) is 6.76. The Hall–Kier alpha value is -2.08. The first-order chi connectivity index (χ1) is 10.3. The number of hydrogen-bond donors (Lipinski definition) is 2. The fourth-order valence-electron chi connectivity index (χ4n) is 2.68. The molecule has 3 rings (SSSR count). The van der Waals surface area contributed by atoms with Gasteiger partial charge in [-0.1, -0.05) is 0 Å². The number of rotatable bonds is 2. The van der Waals surface area contributed by atoms with Crippen LogP contribution in [0.15, 0.2) is 24.7 Å². The molecule has 1 aliphatic rings. The minimum Gasteiger partial charge on any atom is -0.444 e. The van der Waals surface area contributed by atoms with Gasteiger partial charge in [-0.25, -0.2) is 4.79 Å². The standard InChI is InChI=1S/C16H21N3O3/c1-16(2,3)22-15(21)19-8-10(9-19)14(20)12-6-18-13-7-17-5-4-11(12)13/h4-7,10,14,18,20H,8-9H2,1-3H3. The van der Waals surface area contributed by atoms with Crippen LogP contribution in [-0.4, -0.2) is 44.8 Å². The SMILES string of the molecule is CC(C)(C)OC(=O)N1CC(C(O)c2c[nH]c3cnccc23)C1. The highest BCUT2D eigenvalue weighted by molar-refractivity contribution is 5.82. The van der Waals surface area contributed by atoms with Crippen molar-refractivity contribution in [2.24, 2.45) is 5.92 Å². The van der Waals surface area contributed by atoms with Gasteiger partial charge in [0, 0.05) is 42.4 Å². The van der Waals surface area contributed by atoms with E-state index >= 15 is 0 Å². The van der Waals surface area contributed by atoms with Crippen molar-refractivity contribution in [3.8, 4) is 0 Å². The van der Waals surface area contributed by atoms with Crippen molar-refractivity contribution in [1.82, 2.24) is 14.9 Å². The van der Waals surface area contributed by atoms with E-state index < -0.39 is 11.7 Å². The smallest absolute Gasteiger partial charge is 0.410 e. The van der Waals surface area contributed by atoms with E-state index in [1.54, 1.807) is 17.3 Å². The van der Waals surface area contributed by atoms with Gasteiger partial charge in [0.1, 0.15) is 5.60 Å². The van der Waals surface area contributed by atoms with E-state index in [-0.39, 0.29) is 12.0 Å². The van der Waals surface area contributed by atoms with Crippen LogP contribution in [-0.2, 0) is 4.74 Å². The molecule has 2 N–H and O–H groups in total. The highest BCUT2D eigenvalue weighted by atomic mass is 16.6. The number of amides is 1. The number of nitrogens with zero attached hydrogens (tertiary/aromatic N) is 2. The molecule has 1 amide bonds. The Morgan fingerprint density at radius 2 is 2.23 bits per heavy atom. The zero-order valence-electron chi connectivity index (χ0n) is 13.0. The van der Waals surface area contributed by atoms with E-state index in [1.807, 2.05) is 33.0 Å². The van der Waals surface area contributed by atoms with E-state index in [4.69, 9.17) is 4.74 Å². The van der Waals surface area contributed by atoms with E-state index in [0.29, 0.717) is 13.1 Å². The molecule has 1 saturated heterocycles. The monoisotopic (exact) mass is 303 g/mol. The number of aromatic amines is 1. The zero-order valence-corrected chi connectivity index (χ0v) is 13.0. The van der Waals surface area contributed by atoms with Crippen LogP contribution in [0.5, 0.6) is 0 Å². The van der Waals surface area contributed by atoms with Crippen LogP contribution in [0.3, 0.4) is 0 Å². The van der Waals surface area contributed by atoms with Crippen LogP contribution in [0.1, 0.15) is 32.4 Å². The summed E-state index contributed by atoms with van der Waals surface area (Å²) in [7, 11) is 0. The summed E-state index contributed by atoms with van der Waals surface area (Å²) in [5, 5.41) is 11.5. The summed E-state index contributed by atoms with van der Waals surface area (Å²) < 4.78 is 5.32. The van der Waals surface area contributed by atoms with Crippen LogP contribution in [0.4, 0.5) is 4.79 Å².